The van der Waals surface area contributed by atoms with Crippen molar-refractivity contribution < 1.29 is 9.53 Å². The van der Waals surface area contributed by atoms with Crippen LogP contribution in [0.1, 0.15) is 12.6 Å². The molecule has 2 heterocycles. The standard InChI is InChI=1S/C18H24N4O3/c1-13(21-7-9-25-10-8-21)11-19-17(23)12-22-18(24)16-6-4-3-5-15(16)14(2)20-22/h3-6,13H,7-12H2,1-2H3,(H,19,23)/t13-/m1/s1. The largest absolute Gasteiger partial charge is 0.379 e. The van der Waals surface area contributed by atoms with Crippen LogP contribution in [0.15, 0.2) is 29.1 Å². The number of rotatable bonds is 5. The molecule has 7 heteroatoms. The second kappa shape index (κ2) is 7.76. The van der Waals surface area contributed by atoms with Crippen molar-refractivity contribution in [2.75, 3.05) is 32.8 Å². The summed E-state index contributed by atoms with van der Waals surface area (Å²) in [4.78, 5) is 27.0. The van der Waals surface area contributed by atoms with Crippen LogP contribution in [-0.4, -0.2) is 59.5 Å². The third-order valence-electron chi connectivity index (χ3n) is 4.61. The van der Waals surface area contributed by atoms with Crippen molar-refractivity contribution >= 4 is 16.7 Å². The van der Waals surface area contributed by atoms with E-state index in [0.717, 1.165) is 37.4 Å². The van der Waals surface area contributed by atoms with Crippen LogP contribution >= 0.6 is 0 Å². The first-order valence-corrected chi connectivity index (χ1v) is 8.61. The Labute approximate surface area is 146 Å². The minimum Gasteiger partial charge on any atom is -0.379 e. The molecule has 1 aromatic heterocycles. The topological polar surface area (TPSA) is 76.5 Å². The predicted octanol–water partition coefficient (Wildman–Crippen LogP) is 0.542. The molecule has 25 heavy (non-hydrogen) atoms. The Morgan fingerprint density at radius 3 is 2.68 bits per heavy atom. The summed E-state index contributed by atoms with van der Waals surface area (Å²) in [7, 11) is 0. The first-order valence-electron chi connectivity index (χ1n) is 8.61. The van der Waals surface area contributed by atoms with Crippen molar-refractivity contribution in [3.8, 4) is 0 Å². The summed E-state index contributed by atoms with van der Waals surface area (Å²) in [5, 5.41) is 8.59. The first kappa shape index (κ1) is 17.6. The lowest BCUT2D eigenvalue weighted by molar-refractivity contribution is -0.122. The van der Waals surface area contributed by atoms with E-state index >= 15 is 0 Å². The maximum atomic E-state index is 12.5. The van der Waals surface area contributed by atoms with Gasteiger partial charge in [0.1, 0.15) is 6.54 Å². The molecule has 2 aromatic rings. The molecule has 0 radical (unpaired) electrons. The molecule has 1 amide bonds. The van der Waals surface area contributed by atoms with Gasteiger partial charge in [-0.15, -0.1) is 0 Å². The molecule has 1 fully saturated rings. The SMILES string of the molecule is Cc1nn(CC(=O)NC[C@@H](C)N2CCOCC2)c(=O)c2ccccc12. The molecule has 1 aliphatic rings. The van der Waals surface area contributed by atoms with Crippen LogP contribution in [0.5, 0.6) is 0 Å². The van der Waals surface area contributed by atoms with E-state index in [4.69, 9.17) is 4.74 Å². The minimum absolute atomic E-state index is 0.0691. The summed E-state index contributed by atoms with van der Waals surface area (Å²) in [6.07, 6.45) is 0. The van der Waals surface area contributed by atoms with Gasteiger partial charge < -0.3 is 10.1 Å². The summed E-state index contributed by atoms with van der Waals surface area (Å²) < 4.78 is 6.58. The third kappa shape index (κ3) is 4.05. The Hall–Kier alpha value is -2.25. The lowest BCUT2D eigenvalue weighted by atomic mass is 10.1. The highest BCUT2D eigenvalue weighted by atomic mass is 16.5. The number of ether oxygens (including phenoxy) is 1. The second-order valence-corrected chi connectivity index (χ2v) is 6.40. The Kier molecular flexibility index (Phi) is 5.45. The Bertz CT molecular complexity index is 812. The molecule has 0 saturated carbocycles. The van der Waals surface area contributed by atoms with Gasteiger partial charge >= 0.3 is 0 Å². The van der Waals surface area contributed by atoms with E-state index in [1.807, 2.05) is 25.1 Å². The van der Waals surface area contributed by atoms with Crippen LogP contribution < -0.4 is 10.9 Å². The second-order valence-electron chi connectivity index (χ2n) is 6.40. The monoisotopic (exact) mass is 344 g/mol. The van der Waals surface area contributed by atoms with E-state index in [1.54, 1.807) is 6.07 Å². The summed E-state index contributed by atoms with van der Waals surface area (Å²) in [5.41, 5.74) is 0.502. The first-order chi connectivity index (χ1) is 12.1. The number of benzene rings is 1. The number of carbonyl (C=O) groups is 1. The van der Waals surface area contributed by atoms with E-state index in [2.05, 4.69) is 22.2 Å². The van der Waals surface area contributed by atoms with Crippen LogP contribution in [0.4, 0.5) is 0 Å². The molecule has 134 valence electrons. The summed E-state index contributed by atoms with van der Waals surface area (Å²) >= 11 is 0. The van der Waals surface area contributed by atoms with E-state index in [0.29, 0.717) is 11.9 Å². The van der Waals surface area contributed by atoms with Gasteiger partial charge in [-0.25, -0.2) is 4.68 Å². The van der Waals surface area contributed by atoms with Gasteiger partial charge in [0.25, 0.3) is 5.56 Å². The van der Waals surface area contributed by atoms with Crippen molar-refractivity contribution in [3.63, 3.8) is 0 Å². The fourth-order valence-corrected chi connectivity index (χ4v) is 3.11. The number of hydrogen-bond acceptors (Lipinski definition) is 5. The molecule has 1 N–H and O–H groups in total. The number of nitrogens with one attached hydrogen (secondary N) is 1. The summed E-state index contributed by atoms with van der Waals surface area (Å²) in [6, 6.07) is 7.56. The molecule has 0 aliphatic carbocycles. The maximum Gasteiger partial charge on any atom is 0.275 e. The molecule has 1 aliphatic heterocycles. The number of hydrogen-bond donors (Lipinski definition) is 1. The molecule has 0 bridgehead atoms. The van der Waals surface area contributed by atoms with E-state index in [-0.39, 0.29) is 24.1 Å². The molecule has 1 saturated heterocycles. The van der Waals surface area contributed by atoms with Crippen molar-refractivity contribution in [2.24, 2.45) is 0 Å². The van der Waals surface area contributed by atoms with Crippen molar-refractivity contribution in [2.45, 2.75) is 26.4 Å². The highest BCUT2D eigenvalue weighted by molar-refractivity contribution is 5.83. The molecular weight excluding hydrogens is 320 g/mol. The van der Waals surface area contributed by atoms with Crippen LogP contribution in [0.25, 0.3) is 10.8 Å². The molecular formula is C18H24N4O3. The van der Waals surface area contributed by atoms with Gasteiger partial charge in [-0.2, -0.15) is 5.10 Å². The van der Waals surface area contributed by atoms with E-state index in [9.17, 15) is 9.59 Å². The smallest absolute Gasteiger partial charge is 0.275 e. The quantitative estimate of drug-likeness (QED) is 0.857. The molecule has 3 rings (SSSR count). The molecule has 1 aromatic carbocycles. The minimum atomic E-state index is -0.238. The number of carbonyl (C=O) groups excluding carboxylic acids is 1. The fraction of sp³-hybridized carbons (Fsp3) is 0.500. The predicted molar refractivity (Wildman–Crippen MR) is 95.6 cm³/mol. The Balaban J connectivity index is 1.64. The molecule has 0 unspecified atom stereocenters. The molecule has 7 nitrogen and oxygen atoms in total. The van der Waals surface area contributed by atoms with Crippen LogP contribution in [-0.2, 0) is 16.1 Å². The molecule has 0 spiro atoms. The zero-order valence-corrected chi connectivity index (χ0v) is 14.7. The zero-order chi connectivity index (χ0) is 17.8. The number of nitrogens with zero attached hydrogens (tertiary/aromatic N) is 3. The van der Waals surface area contributed by atoms with Crippen molar-refractivity contribution in [1.82, 2.24) is 20.0 Å². The number of aryl methyl sites for hydroxylation is 1. The van der Waals surface area contributed by atoms with Gasteiger partial charge in [0.05, 0.1) is 24.3 Å². The van der Waals surface area contributed by atoms with E-state index < -0.39 is 0 Å². The third-order valence-corrected chi connectivity index (χ3v) is 4.61. The van der Waals surface area contributed by atoms with Gasteiger partial charge in [-0.1, -0.05) is 18.2 Å². The molecule has 1 atom stereocenters. The number of aromatic nitrogens is 2. The van der Waals surface area contributed by atoms with Crippen molar-refractivity contribution in [3.05, 3.63) is 40.3 Å². The maximum absolute atomic E-state index is 12.5. The average molecular weight is 344 g/mol. The van der Waals surface area contributed by atoms with Crippen LogP contribution in [0.2, 0.25) is 0 Å². The highest BCUT2D eigenvalue weighted by Gasteiger charge is 2.18. The van der Waals surface area contributed by atoms with Gasteiger partial charge in [0.15, 0.2) is 0 Å². The van der Waals surface area contributed by atoms with Gasteiger partial charge in [0, 0.05) is 31.1 Å². The van der Waals surface area contributed by atoms with E-state index in [1.165, 1.54) is 4.68 Å². The zero-order valence-electron chi connectivity index (χ0n) is 14.7. The lowest BCUT2D eigenvalue weighted by Gasteiger charge is -2.32. The van der Waals surface area contributed by atoms with Gasteiger partial charge in [-0.05, 0) is 19.9 Å². The number of morpholine rings is 1. The van der Waals surface area contributed by atoms with Crippen LogP contribution in [0, 0.1) is 6.92 Å². The van der Waals surface area contributed by atoms with Crippen LogP contribution in [0.3, 0.4) is 0 Å². The van der Waals surface area contributed by atoms with Gasteiger partial charge in [-0.3, -0.25) is 14.5 Å². The fourth-order valence-electron chi connectivity index (χ4n) is 3.11. The lowest BCUT2D eigenvalue weighted by Crippen LogP contribution is -2.48. The number of fused-ring (bicyclic) bond motifs is 1. The average Bonchev–Trinajstić information content (AvgIpc) is 2.64. The highest BCUT2D eigenvalue weighted by Crippen LogP contribution is 2.11. The Morgan fingerprint density at radius 1 is 1.28 bits per heavy atom. The Morgan fingerprint density at radius 2 is 1.96 bits per heavy atom. The summed E-state index contributed by atoms with van der Waals surface area (Å²) in [6.45, 7) is 7.61. The summed E-state index contributed by atoms with van der Waals surface area (Å²) in [5.74, 6) is -0.204. The van der Waals surface area contributed by atoms with Crippen molar-refractivity contribution in [1.29, 1.82) is 0 Å². The number of amides is 1. The van der Waals surface area contributed by atoms with Gasteiger partial charge in [0.2, 0.25) is 5.91 Å². The normalized spacial score (nSPS) is 16.7.